The molecule has 7 heteroatoms. The number of aromatic amines is 1. The lowest BCUT2D eigenvalue weighted by Crippen LogP contribution is -2.43. The Morgan fingerprint density at radius 3 is 2.78 bits per heavy atom. The number of nitro groups is 1. The van der Waals surface area contributed by atoms with E-state index in [4.69, 9.17) is 0 Å². The first-order chi connectivity index (χ1) is 11.2. The van der Waals surface area contributed by atoms with E-state index in [1.165, 1.54) is 25.5 Å². The minimum atomic E-state index is -0.378. The smallest absolute Gasteiger partial charge is 0.271 e. The van der Waals surface area contributed by atoms with Crippen LogP contribution in [-0.2, 0) is 0 Å². The van der Waals surface area contributed by atoms with Crippen molar-refractivity contribution in [3.63, 3.8) is 0 Å². The van der Waals surface area contributed by atoms with Crippen molar-refractivity contribution in [2.45, 2.75) is 31.7 Å². The van der Waals surface area contributed by atoms with Crippen LogP contribution in [-0.4, -0.2) is 40.6 Å². The van der Waals surface area contributed by atoms with Crippen molar-refractivity contribution in [2.24, 2.45) is 5.92 Å². The van der Waals surface area contributed by atoms with E-state index in [2.05, 4.69) is 20.2 Å². The summed E-state index contributed by atoms with van der Waals surface area (Å²) in [5, 5.41) is 14.5. The summed E-state index contributed by atoms with van der Waals surface area (Å²) >= 11 is 0. The quantitative estimate of drug-likeness (QED) is 0.653. The van der Waals surface area contributed by atoms with E-state index in [9.17, 15) is 10.1 Å². The fourth-order valence-corrected chi connectivity index (χ4v) is 3.20. The van der Waals surface area contributed by atoms with E-state index in [-0.39, 0.29) is 10.6 Å². The Kier molecular flexibility index (Phi) is 3.65. The molecule has 1 aromatic carbocycles. The van der Waals surface area contributed by atoms with E-state index in [1.54, 1.807) is 12.1 Å². The average molecular weight is 315 g/mol. The van der Waals surface area contributed by atoms with Gasteiger partial charge in [-0.15, -0.1) is 0 Å². The van der Waals surface area contributed by atoms with Gasteiger partial charge in [0, 0.05) is 31.3 Å². The van der Waals surface area contributed by atoms with Crippen molar-refractivity contribution in [2.75, 3.05) is 24.5 Å². The minimum Gasteiger partial charge on any atom is -0.342 e. The Labute approximate surface area is 134 Å². The van der Waals surface area contributed by atoms with E-state index < -0.39 is 0 Å². The van der Waals surface area contributed by atoms with Crippen molar-refractivity contribution in [3.05, 3.63) is 28.3 Å². The lowest BCUT2D eigenvalue weighted by molar-refractivity contribution is -0.384. The second kappa shape index (κ2) is 5.81. The zero-order valence-corrected chi connectivity index (χ0v) is 13.0. The SMILES string of the molecule is O=[N+]([O-])c1ccc2nc(N3CCC(NCC4CC4)CC3)[nH]c2c1. The number of nitrogens with zero attached hydrogens (tertiary/aromatic N) is 3. The highest BCUT2D eigenvalue weighted by Crippen LogP contribution is 2.28. The number of H-pyrrole nitrogens is 1. The highest BCUT2D eigenvalue weighted by atomic mass is 16.6. The monoisotopic (exact) mass is 315 g/mol. The maximum Gasteiger partial charge on any atom is 0.271 e. The molecule has 2 fully saturated rings. The molecule has 1 aliphatic carbocycles. The first-order valence-electron chi connectivity index (χ1n) is 8.31. The predicted octanol–water partition coefficient (Wildman–Crippen LogP) is 2.44. The third-order valence-corrected chi connectivity index (χ3v) is 4.85. The van der Waals surface area contributed by atoms with Gasteiger partial charge in [-0.1, -0.05) is 0 Å². The fraction of sp³-hybridized carbons (Fsp3) is 0.562. The first-order valence-corrected chi connectivity index (χ1v) is 8.31. The Morgan fingerprint density at radius 1 is 1.30 bits per heavy atom. The molecule has 0 amide bonds. The molecule has 4 rings (SSSR count). The number of nitro benzene ring substituents is 1. The van der Waals surface area contributed by atoms with Crippen molar-refractivity contribution >= 4 is 22.7 Å². The molecule has 0 bridgehead atoms. The van der Waals surface area contributed by atoms with Gasteiger partial charge in [0.15, 0.2) is 0 Å². The first kappa shape index (κ1) is 14.4. The van der Waals surface area contributed by atoms with Gasteiger partial charge < -0.3 is 15.2 Å². The van der Waals surface area contributed by atoms with Crippen LogP contribution in [0.2, 0.25) is 0 Å². The third kappa shape index (κ3) is 3.14. The van der Waals surface area contributed by atoms with Gasteiger partial charge in [0.1, 0.15) is 0 Å². The summed E-state index contributed by atoms with van der Waals surface area (Å²) in [4.78, 5) is 20.5. The Balaban J connectivity index is 1.41. The molecule has 1 aliphatic heterocycles. The van der Waals surface area contributed by atoms with Gasteiger partial charge in [0.05, 0.1) is 16.0 Å². The Morgan fingerprint density at radius 2 is 2.09 bits per heavy atom. The Hall–Kier alpha value is -2.15. The average Bonchev–Trinajstić information content (AvgIpc) is 3.29. The van der Waals surface area contributed by atoms with E-state index in [0.29, 0.717) is 6.04 Å². The van der Waals surface area contributed by atoms with E-state index in [0.717, 1.165) is 48.8 Å². The summed E-state index contributed by atoms with van der Waals surface area (Å²) < 4.78 is 0. The van der Waals surface area contributed by atoms with Gasteiger partial charge in [-0.05, 0) is 44.2 Å². The second-order valence-electron chi connectivity index (χ2n) is 6.63. The fourth-order valence-electron chi connectivity index (χ4n) is 3.20. The van der Waals surface area contributed by atoms with Crippen LogP contribution >= 0.6 is 0 Å². The van der Waals surface area contributed by atoms with Crippen LogP contribution in [0, 0.1) is 16.0 Å². The van der Waals surface area contributed by atoms with Gasteiger partial charge in [-0.3, -0.25) is 10.1 Å². The lowest BCUT2D eigenvalue weighted by atomic mass is 10.1. The number of anilines is 1. The normalized spacial score (nSPS) is 19.4. The molecule has 2 aromatic rings. The van der Waals surface area contributed by atoms with E-state index >= 15 is 0 Å². The predicted molar refractivity (Wildman–Crippen MR) is 88.7 cm³/mol. The number of piperidine rings is 1. The van der Waals surface area contributed by atoms with Crippen molar-refractivity contribution < 1.29 is 4.92 Å². The number of fused-ring (bicyclic) bond motifs is 1. The minimum absolute atomic E-state index is 0.0932. The van der Waals surface area contributed by atoms with Crippen LogP contribution in [0.1, 0.15) is 25.7 Å². The summed E-state index contributed by atoms with van der Waals surface area (Å²) in [7, 11) is 0. The number of benzene rings is 1. The molecule has 0 unspecified atom stereocenters. The number of aromatic nitrogens is 2. The molecular formula is C16H21N5O2. The van der Waals surface area contributed by atoms with Crippen LogP contribution in [0.5, 0.6) is 0 Å². The summed E-state index contributed by atoms with van der Waals surface area (Å²) in [5.41, 5.74) is 1.60. The van der Waals surface area contributed by atoms with Gasteiger partial charge in [0.2, 0.25) is 5.95 Å². The zero-order valence-electron chi connectivity index (χ0n) is 13.0. The highest BCUT2D eigenvalue weighted by Gasteiger charge is 2.25. The number of hydrogen-bond donors (Lipinski definition) is 2. The van der Waals surface area contributed by atoms with Gasteiger partial charge in [-0.2, -0.15) is 0 Å². The lowest BCUT2D eigenvalue weighted by Gasteiger charge is -2.32. The summed E-state index contributed by atoms with van der Waals surface area (Å²) in [6.07, 6.45) is 5.00. The van der Waals surface area contributed by atoms with Gasteiger partial charge in [0.25, 0.3) is 5.69 Å². The molecule has 0 radical (unpaired) electrons. The summed E-state index contributed by atoms with van der Waals surface area (Å²) in [6.45, 7) is 3.09. The van der Waals surface area contributed by atoms with Crippen LogP contribution < -0.4 is 10.2 Å². The molecule has 1 aromatic heterocycles. The van der Waals surface area contributed by atoms with E-state index in [1.807, 2.05) is 0 Å². The number of nitrogens with one attached hydrogen (secondary N) is 2. The Bertz CT molecular complexity index is 716. The zero-order chi connectivity index (χ0) is 15.8. The molecule has 122 valence electrons. The molecule has 1 saturated carbocycles. The molecule has 0 spiro atoms. The highest BCUT2D eigenvalue weighted by molar-refractivity contribution is 5.80. The number of hydrogen-bond acceptors (Lipinski definition) is 5. The van der Waals surface area contributed by atoms with Gasteiger partial charge in [-0.25, -0.2) is 4.98 Å². The third-order valence-electron chi connectivity index (χ3n) is 4.85. The van der Waals surface area contributed by atoms with Gasteiger partial charge >= 0.3 is 0 Å². The van der Waals surface area contributed by atoms with Crippen LogP contribution in [0.3, 0.4) is 0 Å². The molecule has 2 N–H and O–H groups in total. The van der Waals surface area contributed by atoms with Crippen LogP contribution in [0.4, 0.5) is 11.6 Å². The maximum absolute atomic E-state index is 10.9. The van der Waals surface area contributed by atoms with Crippen LogP contribution in [0.25, 0.3) is 11.0 Å². The molecule has 1 saturated heterocycles. The molecule has 7 nitrogen and oxygen atoms in total. The second-order valence-corrected chi connectivity index (χ2v) is 6.63. The number of rotatable bonds is 5. The maximum atomic E-state index is 10.9. The molecule has 0 atom stereocenters. The molecule has 23 heavy (non-hydrogen) atoms. The summed E-state index contributed by atoms with van der Waals surface area (Å²) in [6, 6.07) is 5.37. The molecule has 2 heterocycles. The standard InChI is InChI=1S/C16H21N5O2/c22-21(23)13-3-4-14-15(9-13)19-16(18-14)20-7-5-12(6-8-20)17-10-11-1-2-11/h3-4,9,11-12,17H,1-2,5-8,10H2,(H,18,19). The molecular weight excluding hydrogens is 294 g/mol. The largest absolute Gasteiger partial charge is 0.342 e. The number of non-ortho nitro benzene ring substituents is 1. The number of imidazole rings is 1. The molecule has 2 aliphatic rings. The topological polar surface area (TPSA) is 87.1 Å². The van der Waals surface area contributed by atoms with Crippen molar-refractivity contribution in [3.8, 4) is 0 Å². The van der Waals surface area contributed by atoms with Crippen molar-refractivity contribution in [1.82, 2.24) is 15.3 Å². The summed E-state index contributed by atoms with van der Waals surface area (Å²) in [5.74, 6) is 1.74. The van der Waals surface area contributed by atoms with Crippen LogP contribution in [0.15, 0.2) is 18.2 Å². The van der Waals surface area contributed by atoms with Crippen molar-refractivity contribution in [1.29, 1.82) is 0 Å².